The Kier molecular flexibility index (Phi) is 3.14. The minimum atomic E-state index is 1.08. The van der Waals surface area contributed by atoms with Crippen molar-refractivity contribution in [1.29, 1.82) is 0 Å². The van der Waals surface area contributed by atoms with Crippen molar-refractivity contribution < 1.29 is 4.58 Å². The summed E-state index contributed by atoms with van der Waals surface area (Å²) in [6, 6.07) is 9.79. The third-order valence-electron chi connectivity index (χ3n) is 2.64. The maximum atomic E-state index is 3.52. The highest BCUT2D eigenvalue weighted by molar-refractivity contribution is 6.08. The van der Waals surface area contributed by atoms with E-state index in [2.05, 4.69) is 45.3 Å². The molecule has 0 N–H and O–H groups in total. The summed E-state index contributed by atoms with van der Waals surface area (Å²) >= 11 is 0. The molecule has 3 radical (unpaired) electrons. The molecule has 0 aromatic heterocycles. The Bertz CT molecular complexity index is 344. The summed E-state index contributed by atoms with van der Waals surface area (Å²) in [5.41, 5.74) is 2.89. The Morgan fingerprint density at radius 3 is 3.00 bits per heavy atom. The minimum absolute atomic E-state index is 1.08. The van der Waals surface area contributed by atoms with E-state index in [1.807, 2.05) is 0 Å². The van der Waals surface area contributed by atoms with Crippen molar-refractivity contribution in [2.24, 2.45) is 0 Å². The van der Waals surface area contributed by atoms with Crippen molar-refractivity contribution in [2.75, 3.05) is 6.54 Å². The van der Waals surface area contributed by atoms with Gasteiger partial charge in [-0.1, -0.05) is 24.2 Å². The maximum absolute atomic E-state index is 3.52. The van der Waals surface area contributed by atoms with E-state index in [1.54, 1.807) is 0 Å². The van der Waals surface area contributed by atoms with Crippen molar-refractivity contribution >= 4 is 22.1 Å². The molecule has 1 aromatic rings. The normalized spacial score (nSPS) is 14.8. The summed E-state index contributed by atoms with van der Waals surface area (Å²) in [7, 11) is 3.52. The molecule has 0 saturated carbocycles. The van der Waals surface area contributed by atoms with E-state index in [0.29, 0.717) is 0 Å². The molecule has 14 heavy (non-hydrogen) atoms. The van der Waals surface area contributed by atoms with Crippen molar-refractivity contribution in [3.05, 3.63) is 29.8 Å². The lowest BCUT2D eigenvalue weighted by atomic mass is 10.0. The molecule has 0 fully saturated rings. The maximum Gasteiger partial charge on any atom is 0.208 e. The molecule has 1 aromatic carbocycles. The van der Waals surface area contributed by atoms with Crippen LogP contribution in [0.3, 0.4) is 0 Å². The number of hydrogen-bond donors (Lipinski definition) is 0. The first-order valence-electron chi connectivity index (χ1n) is 5.24. The van der Waals surface area contributed by atoms with Crippen LogP contribution >= 0.6 is 0 Å². The van der Waals surface area contributed by atoms with Crippen LogP contribution in [0.2, 0.25) is 6.04 Å². The zero-order valence-electron chi connectivity index (χ0n) is 8.37. The van der Waals surface area contributed by atoms with Crippen LogP contribution in [0.5, 0.6) is 0 Å². The van der Waals surface area contributed by atoms with Gasteiger partial charge in [-0.05, 0) is 6.42 Å². The van der Waals surface area contributed by atoms with Gasteiger partial charge in [0.05, 0.1) is 0 Å². The fourth-order valence-electron chi connectivity index (χ4n) is 1.94. The van der Waals surface area contributed by atoms with Crippen LogP contribution in [0.25, 0.3) is 0 Å². The molecule has 0 saturated heterocycles. The Morgan fingerprint density at radius 1 is 1.29 bits per heavy atom. The third kappa shape index (κ3) is 1.95. The van der Waals surface area contributed by atoms with Crippen LogP contribution in [-0.4, -0.2) is 27.6 Å². The molecule has 0 bridgehead atoms. The second-order valence-electron chi connectivity index (χ2n) is 3.65. The van der Waals surface area contributed by atoms with Gasteiger partial charge in [-0.15, -0.1) is 0 Å². The zero-order chi connectivity index (χ0) is 9.80. The number of benzene rings is 1. The minimum Gasteiger partial charge on any atom is -0.202 e. The highest BCUT2D eigenvalue weighted by atomic mass is 28.1. The summed E-state index contributed by atoms with van der Waals surface area (Å²) < 4.78 is 2.39. The first kappa shape index (κ1) is 9.65. The van der Waals surface area contributed by atoms with Gasteiger partial charge in [0.2, 0.25) is 5.69 Å². The monoisotopic (exact) mass is 201 g/mol. The smallest absolute Gasteiger partial charge is 0.202 e. The Morgan fingerprint density at radius 2 is 2.14 bits per heavy atom. The molecule has 0 atom stereocenters. The van der Waals surface area contributed by atoms with Gasteiger partial charge < -0.3 is 0 Å². The molecule has 1 heterocycles. The highest BCUT2D eigenvalue weighted by Gasteiger charge is 2.17. The molecule has 1 aliphatic rings. The van der Waals surface area contributed by atoms with Crippen molar-refractivity contribution in [3.8, 4) is 0 Å². The SMILES string of the molecule is [Si]CCC[N+]1=CCCc2ccccc21. The topological polar surface area (TPSA) is 3.01 Å². The van der Waals surface area contributed by atoms with E-state index >= 15 is 0 Å². The molecule has 0 amide bonds. The molecule has 1 nitrogen and oxygen atoms in total. The number of para-hydroxylation sites is 1. The summed E-state index contributed by atoms with van der Waals surface area (Å²) in [6.07, 6.45) is 5.89. The average molecular weight is 201 g/mol. The van der Waals surface area contributed by atoms with Gasteiger partial charge in [0, 0.05) is 34.7 Å². The molecule has 0 unspecified atom stereocenters. The fraction of sp³-hybridized carbons (Fsp3) is 0.417. The lowest BCUT2D eigenvalue weighted by molar-refractivity contribution is -0.439. The predicted octanol–water partition coefficient (Wildman–Crippen LogP) is 2.32. The molecule has 2 heteroatoms. The van der Waals surface area contributed by atoms with Gasteiger partial charge in [-0.2, -0.15) is 0 Å². The van der Waals surface area contributed by atoms with Gasteiger partial charge >= 0.3 is 0 Å². The van der Waals surface area contributed by atoms with Gasteiger partial charge in [-0.25, -0.2) is 4.58 Å². The third-order valence-corrected chi connectivity index (χ3v) is 2.99. The summed E-state index contributed by atoms with van der Waals surface area (Å²) in [5, 5.41) is 0. The van der Waals surface area contributed by atoms with Gasteiger partial charge in [0.25, 0.3) is 0 Å². The van der Waals surface area contributed by atoms with Crippen molar-refractivity contribution in [2.45, 2.75) is 25.3 Å². The Labute approximate surface area is 88.9 Å². The molecule has 2 rings (SSSR count). The average Bonchev–Trinajstić information content (AvgIpc) is 2.26. The summed E-state index contributed by atoms with van der Waals surface area (Å²) in [5.74, 6) is 0. The molecular weight excluding hydrogens is 186 g/mol. The van der Waals surface area contributed by atoms with Crippen molar-refractivity contribution in [3.63, 3.8) is 0 Å². The van der Waals surface area contributed by atoms with Gasteiger partial charge in [-0.3, -0.25) is 0 Å². The van der Waals surface area contributed by atoms with Crippen LogP contribution in [-0.2, 0) is 6.42 Å². The van der Waals surface area contributed by atoms with Gasteiger partial charge in [0.1, 0.15) is 12.8 Å². The quantitative estimate of drug-likeness (QED) is 0.521. The predicted molar refractivity (Wildman–Crippen MR) is 60.8 cm³/mol. The largest absolute Gasteiger partial charge is 0.208 e. The van der Waals surface area contributed by atoms with Crippen LogP contribution in [0.15, 0.2) is 24.3 Å². The van der Waals surface area contributed by atoms with E-state index < -0.39 is 0 Å². The molecular formula is C12H15NSi+. The number of fused-ring (bicyclic) bond motifs is 1. The van der Waals surface area contributed by atoms with Crippen LogP contribution in [0.4, 0.5) is 5.69 Å². The van der Waals surface area contributed by atoms with E-state index in [1.165, 1.54) is 30.5 Å². The van der Waals surface area contributed by atoms with E-state index in [9.17, 15) is 0 Å². The highest BCUT2D eigenvalue weighted by Crippen LogP contribution is 2.23. The standard InChI is InChI=1S/C12H15NSi/c14-10-4-9-13-8-3-6-11-5-1-2-7-12(11)13/h1-2,5,7-8H,3-4,6,9-10H2/q+1. The molecule has 0 aliphatic carbocycles. The summed E-state index contributed by atoms with van der Waals surface area (Å²) in [6.45, 7) is 1.13. The van der Waals surface area contributed by atoms with E-state index in [4.69, 9.17) is 0 Å². The molecule has 71 valence electrons. The molecule has 0 spiro atoms. The first-order chi connectivity index (χ1) is 6.92. The first-order valence-corrected chi connectivity index (χ1v) is 5.95. The second-order valence-corrected chi connectivity index (χ2v) is 4.15. The Hall–Kier alpha value is -0.893. The second kappa shape index (κ2) is 4.56. The van der Waals surface area contributed by atoms with Crippen LogP contribution in [0.1, 0.15) is 18.4 Å². The fourth-order valence-corrected chi connectivity index (χ4v) is 2.10. The van der Waals surface area contributed by atoms with Crippen molar-refractivity contribution in [1.82, 2.24) is 0 Å². The lowest BCUT2D eigenvalue weighted by Crippen LogP contribution is -2.15. The number of rotatable bonds is 3. The van der Waals surface area contributed by atoms with Gasteiger partial charge in [0.15, 0.2) is 0 Å². The van der Waals surface area contributed by atoms with Crippen LogP contribution in [0, 0.1) is 0 Å². The number of nitrogens with zero attached hydrogens (tertiary/aromatic N) is 1. The van der Waals surface area contributed by atoms with Crippen LogP contribution < -0.4 is 0 Å². The number of hydrogen-bond acceptors (Lipinski definition) is 0. The number of aryl methyl sites for hydroxylation is 1. The Balaban J connectivity index is 2.22. The summed E-state index contributed by atoms with van der Waals surface area (Å²) in [4.78, 5) is 0. The molecule has 1 aliphatic heterocycles. The van der Waals surface area contributed by atoms with E-state index in [0.717, 1.165) is 12.6 Å². The lowest BCUT2D eigenvalue weighted by Gasteiger charge is -2.11. The van der Waals surface area contributed by atoms with E-state index in [-0.39, 0.29) is 0 Å². The zero-order valence-corrected chi connectivity index (χ0v) is 9.37.